The highest BCUT2D eigenvalue weighted by molar-refractivity contribution is 5.38. The fourth-order valence-electron chi connectivity index (χ4n) is 1.42. The lowest BCUT2D eigenvalue weighted by Gasteiger charge is -2.07. The van der Waals surface area contributed by atoms with Crippen LogP contribution in [0.25, 0.3) is 5.69 Å². The summed E-state index contributed by atoms with van der Waals surface area (Å²) in [6.45, 7) is 1.88. The fourth-order valence-corrected chi connectivity index (χ4v) is 1.42. The SMILES string of the molecule is Cc1ccccc1-n1[nH]c(=O)ccc1=O. The van der Waals surface area contributed by atoms with Crippen molar-refractivity contribution < 1.29 is 0 Å². The Balaban J connectivity index is 2.75. The van der Waals surface area contributed by atoms with Crippen LogP contribution in [0, 0.1) is 6.92 Å². The molecule has 0 saturated heterocycles. The number of aryl methyl sites for hydroxylation is 1. The van der Waals surface area contributed by atoms with Gasteiger partial charge < -0.3 is 0 Å². The standard InChI is InChI=1S/C11H10N2O2/c1-8-4-2-3-5-9(8)13-11(15)7-6-10(14)12-13/h2-7H,1H3,(H,12,14). The summed E-state index contributed by atoms with van der Waals surface area (Å²) < 4.78 is 1.25. The molecule has 1 N–H and O–H groups in total. The van der Waals surface area contributed by atoms with E-state index in [4.69, 9.17) is 0 Å². The Labute approximate surface area is 85.8 Å². The molecule has 1 aromatic heterocycles. The summed E-state index contributed by atoms with van der Waals surface area (Å²) >= 11 is 0. The third kappa shape index (κ3) is 1.74. The van der Waals surface area contributed by atoms with Gasteiger partial charge in [-0.1, -0.05) is 18.2 Å². The van der Waals surface area contributed by atoms with Crippen LogP contribution in [-0.4, -0.2) is 9.78 Å². The molecule has 0 spiro atoms. The predicted octanol–water partition coefficient (Wildman–Crippen LogP) is 0.834. The number of hydrogen-bond donors (Lipinski definition) is 1. The van der Waals surface area contributed by atoms with Crippen LogP contribution < -0.4 is 11.1 Å². The number of hydrogen-bond acceptors (Lipinski definition) is 2. The van der Waals surface area contributed by atoms with Crippen LogP contribution in [0.1, 0.15) is 5.56 Å². The van der Waals surface area contributed by atoms with Gasteiger partial charge in [0.2, 0.25) is 0 Å². The molecule has 4 heteroatoms. The second-order valence-corrected chi connectivity index (χ2v) is 3.27. The average Bonchev–Trinajstić information content (AvgIpc) is 2.23. The number of aromatic nitrogens is 2. The lowest BCUT2D eigenvalue weighted by atomic mass is 10.2. The van der Waals surface area contributed by atoms with Crippen molar-refractivity contribution >= 4 is 0 Å². The van der Waals surface area contributed by atoms with Gasteiger partial charge in [0.15, 0.2) is 0 Å². The molecule has 4 nitrogen and oxygen atoms in total. The molecule has 15 heavy (non-hydrogen) atoms. The van der Waals surface area contributed by atoms with Crippen LogP contribution in [0.3, 0.4) is 0 Å². The van der Waals surface area contributed by atoms with E-state index in [9.17, 15) is 9.59 Å². The van der Waals surface area contributed by atoms with Crippen molar-refractivity contribution in [2.24, 2.45) is 0 Å². The molecule has 76 valence electrons. The minimum atomic E-state index is -0.294. The van der Waals surface area contributed by atoms with Crippen molar-refractivity contribution in [3.8, 4) is 5.69 Å². The molecule has 0 saturated carbocycles. The quantitative estimate of drug-likeness (QED) is 0.744. The molecule has 0 unspecified atom stereocenters. The van der Waals surface area contributed by atoms with E-state index in [1.165, 1.54) is 16.8 Å². The normalized spacial score (nSPS) is 10.2. The third-order valence-electron chi connectivity index (χ3n) is 2.18. The molecule has 0 radical (unpaired) electrons. The number of nitrogens with zero attached hydrogens (tertiary/aromatic N) is 1. The van der Waals surface area contributed by atoms with Crippen molar-refractivity contribution in [3.05, 3.63) is 62.7 Å². The van der Waals surface area contributed by atoms with Gasteiger partial charge in [-0.2, -0.15) is 0 Å². The number of aromatic amines is 1. The fraction of sp³-hybridized carbons (Fsp3) is 0.0909. The van der Waals surface area contributed by atoms with Gasteiger partial charge >= 0.3 is 0 Å². The van der Waals surface area contributed by atoms with E-state index in [0.29, 0.717) is 5.69 Å². The first-order chi connectivity index (χ1) is 7.18. The van der Waals surface area contributed by atoms with Gasteiger partial charge in [-0.05, 0) is 18.6 Å². The summed E-state index contributed by atoms with van der Waals surface area (Å²) in [6.07, 6.45) is 0. The predicted molar refractivity (Wildman–Crippen MR) is 57.4 cm³/mol. The Morgan fingerprint density at radius 2 is 1.80 bits per heavy atom. The van der Waals surface area contributed by atoms with E-state index in [1.54, 1.807) is 6.07 Å². The maximum Gasteiger partial charge on any atom is 0.269 e. The maximum absolute atomic E-state index is 11.5. The molecule has 0 aliphatic rings. The lowest BCUT2D eigenvalue weighted by molar-refractivity contribution is 0.781. The van der Waals surface area contributed by atoms with Crippen molar-refractivity contribution in [3.63, 3.8) is 0 Å². The molecule has 2 rings (SSSR count). The van der Waals surface area contributed by atoms with E-state index in [2.05, 4.69) is 5.10 Å². The summed E-state index contributed by atoms with van der Waals surface area (Å²) in [6, 6.07) is 9.84. The number of benzene rings is 1. The summed E-state index contributed by atoms with van der Waals surface area (Å²) in [5, 5.41) is 2.48. The zero-order chi connectivity index (χ0) is 10.8. The van der Waals surface area contributed by atoms with Crippen LogP contribution in [0.2, 0.25) is 0 Å². The summed E-state index contributed by atoms with van der Waals surface area (Å²) in [7, 11) is 0. The molecule has 0 aliphatic carbocycles. The number of H-pyrrole nitrogens is 1. The first-order valence-electron chi connectivity index (χ1n) is 4.57. The molecule has 0 bridgehead atoms. The van der Waals surface area contributed by atoms with Crippen molar-refractivity contribution in [2.75, 3.05) is 0 Å². The number of nitrogens with one attached hydrogen (secondary N) is 1. The van der Waals surface area contributed by atoms with Crippen LogP contribution >= 0.6 is 0 Å². The lowest BCUT2D eigenvalue weighted by Crippen LogP contribution is -2.26. The zero-order valence-corrected chi connectivity index (χ0v) is 8.23. The van der Waals surface area contributed by atoms with Gasteiger partial charge in [-0.25, -0.2) is 4.68 Å². The van der Waals surface area contributed by atoms with Crippen molar-refractivity contribution in [2.45, 2.75) is 6.92 Å². The first-order valence-corrected chi connectivity index (χ1v) is 4.57. The highest BCUT2D eigenvalue weighted by atomic mass is 16.1. The first kappa shape index (κ1) is 9.45. The smallest absolute Gasteiger partial charge is 0.268 e. The molecular weight excluding hydrogens is 192 g/mol. The number of para-hydroxylation sites is 1. The maximum atomic E-state index is 11.5. The highest BCUT2D eigenvalue weighted by Crippen LogP contribution is 2.08. The van der Waals surface area contributed by atoms with E-state index < -0.39 is 0 Å². The largest absolute Gasteiger partial charge is 0.269 e. The minimum absolute atomic E-state index is 0.246. The van der Waals surface area contributed by atoms with E-state index in [1.807, 2.05) is 25.1 Å². The Morgan fingerprint density at radius 1 is 1.07 bits per heavy atom. The van der Waals surface area contributed by atoms with Crippen LogP contribution in [0.4, 0.5) is 0 Å². The summed E-state index contributed by atoms with van der Waals surface area (Å²) in [5.74, 6) is 0. The second-order valence-electron chi connectivity index (χ2n) is 3.27. The average molecular weight is 202 g/mol. The van der Waals surface area contributed by atoms with Crippen molar-refractivity contribution in [1.82, 2.24) is 9.78 Å². The second kappa shape index (κ2) is 3.57. The van der Waals surface area contributed by atoms with Crippen molar-refractivity contribution in [1.29, 1.82) is 0 Å². The van der Waals surface area contributed by atoms with Gasteiger partial charge in [0.25, 0.3) is 11.1 Å². The molecule has 2 aromatic rings. The molecule has 0 atom stereocenters. The molecule has 1 aromatic carbocycles. The van der Waals surface area contributed by atoms with Crippen LogP contribution in [0.15, 0.2) is 46.0 Å². The minimum Gasteiger partial charge on any atom is -0.268 e. The van der Waals surface area contributed by atoms with Crippen LogP contribution in [-0.2, 0) is 0 Å². The Bertz CT molecular complexity index is 596. The third-order valence-corrected chi connectivity index (χ3v) is 2.18. The zero-order valence-electron chi connectivity index (χ0n) is 8.23. The van der Waals surface area contributed by atoms with Gasteiger partial charge in [-0.3, -0.25) is 14.7 Å². The Hall–Kier alpha value is -2.10. The molecule has 1 heterocycles. The van der Waals surface area contributed by atoms with Gasteiger partial charge in [0, 0.05) is 12.1 Å². The topological polar surface area (TPSA) is 54.9 Å². The van der Waals surface area contributed by atoms with Crippen LogP contribution in [0.5, 0.6) is 0 Å². The summed E-state index contributed by atoms with van der Waals surface area (Å²) in [5.41, 5.74) is 1.09. The van der Waals surface area contributed by atoms with Gasteiger partial charge in [0.05, 0.1) is 5.69 Å². The molecule has 0 fully saturated rings. The molecular formula is C11H10N2O2. The monoisotopic (exact) mass is 202 g/mol. The Kier molecular flexibility index (Phi) is 2.25. The Morgan fingerprint density at radius 3 is 2.53 bits per heavy atom. The highest BCUT2D eigenvalue weighted by Gasteiger charge is 2.02. The molecule has 0 aliphatic heterocycles. The van der Waals surface area contributed by atoms with Gasteiger partial charge in [-0.15, -0.1) is 0 Å². The van der Waals surface area contributed by atoms with E-state index in [0.717, 1.165) is 5.56 Å². The number of rotatable bonds is 1. The van der Waals surface area contributed by atoms with E-state index >= 15 is 0 Å². The molecule has 0 amide bonds. The van der Waals surface area contributed by atoms with Gasteiger partial charge in [0.1, 0.15) is 0 Å². The van der Waals surface area contributed by atoms with E-state index in [-0.39, 0.29) is 11.1 Å². The summed E-state index contributed by atoms with van der Waals surface area (Å²) in [4.78, 5) is 22.6.